The number of benzene rings is 1. The molecule has 1 aromatic rings. The monoisotopic (exact) mass is 520 g/mol. The molecule has 0 aromatic heterocycles. The molecule has 2 N–H and O–H groups in total. The van der Waals surface area contributed by atoms with Gasteiger partial charge in [0.05, 0.1) is 19.3 Å². The molecule has 8 heteroatoms. The van der Waals surface area contributed by atoms with Crippen LogP contribution in [0.25, 0.3) is 0 Å². The third-order valence-corrected chi connectivity index (χ3v) is 4.11. The zero-order valence-electron chi connectivity index (χ0n) is 18.6. The Balaban J connectivity index is 0.00000784. The second-order valence-electron chi connectivity index (χ2n) is 6.67. The van der Waals surface area contributed by atoms with Crippen LogP contribution in [0.2, 0.25) is 0 Å². The van der Waals surface area contributed by atoms with Gasteiger partial charge in [-0.3, -0.25) is 4.79 Å². The Bertz CT molecular complexity index is 638. The Morgan fingerprint density at radius 3 is 2.38 bits per heavy atom. The van der Waals surface area contributed by atoms with Gasteiger partial charge in [-0.2, -0.15) is 0 Å². The molecule has 1 amide bonds. The van der Waals surface area contributed by atoms with Crippen molar-refractivity contribution in [1.82, 2.24) is 15.5 Å². The van der Waals surface area contributed by atoms with E-state index in [1.54, 1.807) is 14.1 Å². The Labute approximate surface area is 192 Å². The van der Waals surface area contributed by atoms with Gasteiger partial charge in [-0.15, -0.1) is 24.0 Å². The normalized spacial score (nSPS) is 11.9. The van der Waals surface area contributed by atoms with Gasteiger partial charge in [-0.25, -0.2) is 4.99 Å². The van der Waals surface area contributed by atoms with E-state index in [2.05, 4.69) is 29.5 Å². The van der Waals surface area contributed by atoms with E-state index in [0.717, 1.165) is 36.4 Å². The summed E-state index contributed by atoms with van der Waals surface area (Å²) in [7, 11) is 3.46. The second-order valence-corrected chi connectivity index (χ2v) is 6.67. The molecule has 0 saturated heterocycles. The molecule has 1 aromatic carbocycles. The van der Waals surface area contributed by atoms with Crippen LogP contribution in [0.3, 0.4) is 0 Å². The lowest BCUT2D eigenvalue weighted by molar-refractivity contribution is -0.127. The van der Waals surface area contributed by atoms with Gasteiger partial charge in [-0.1, -0.05) is 19.4 Å². The maximum Gasteiger partial charge on any atom is 0.243 e. The van der Waals surface area contributed by atoms with Gasteiger partial charge in [-0.05, 0) is 44.9 Å². The molecule has 0 radical (unpaired) electrons. The quantitative estimate of drug-likeness (QED) is 0.202. The molecule has 0 spiro atoms. The first kappa shape index (κ1) is 27.3. The van der Waals surface area contributed by atoms with Crippen LogP contribution in [-0.4, -0.2) is 57.2 Å². The van der Waals surface area contributed by atoms with Gasteiger partial charge >= 0.3 is 0 Å². The zero-order chi connectivity index (χ0) is 20.9. The maximum atomic E-state index is 11.9. The molecule has 0 aliphatic carbocycles. The van der Waals surface area contributed by atoms with E-state index in [1.807, 2.05) is 32.0 Å². The standard InChI is InChI=1S/C21H36N4O3.HI/c1-7-10-13-22-21(23-15-20(26)25(5)6)24-16(4)17-11-12-18(27-8-2)19(14-17)28-9-3;/h11-12,14,16H,7-10,13,15H2,1-6H3,(H2,22,23,24);1H. The molecular weight excluding hydrogens is 483 g/mol. The largest absolute Gasteiger partial charge is 0.490 e. The summed E-state index contributed by atoms with van der Waals surface area (Å²) in [5.41, 5.74) is 1.05. The van der Waals surface area contributed by atoms with Crippen molar-refractivity contribution in [2.24, 2.45) is 4.99 Å². The van der Waals surface area contributed by atoms with Gasteiger partial charge in [0, 0.05) is 20.6 Å². The molecule has 0 fully saturated rings. The molecule has 1 rings (SSSR count). The number of hydrogen-bond acceptors (Lipinski definition) is 4. The minimum Gasteiger partial charge on any atom is -0.490 e. The Morgan fingerprint density at radius 1 is 1.14 bits per heavy atom. The van der Waals surface area contributed by atoms with Gasteiger partial charge in [0.1, 0.15) is 6.54 Å². The summed E-state index contributed by atoms with van der Waals surface area (Å²) >= 11 is 0. The highest BCUT2D eigenvalue weighted by molar-refractivity contribution is 14.0. The average Bonchev–Trinajstić information content (AvgIpc) is 2.67. The Hall–Kier alpha value is -1.71. The number of hydrogen-bond donors (Lipinski definition) is 2. The SMILES string of the molecule is CCCCNC(=NCC(=O)N(C)C)NC(C)c1ccc(OCC)c(OCC)c1.I. The number of unbranched alkanes of at least 4 members (excludes halogenated alkanes) is 1. The first-order valence-electron chi connectivity index (χ1n) is 10.1. The van der Waals surface area contributed by atoms with Gasteiger partial charge in [0.25, 0.3) is 0 Å². The van der Waals surface area contributed by atoms with Crippen LogP contribution >= 0.6 is 24.0 Å². The summed E-state index contributed by atoms with van der Waals surface area (Å²) in [4.78, 5) is 17.9. The van der Waals surface area contributed by atoms with Crippen LogP contribution in [0.5, 0.6) is 11.5 Å². The lowest BCUT2D eigenvalue weighted by Gasteiger charge is -2.20. The molecule has 0 bridgehead atoms. The van der Waals surface area contributed by atoms with E-state index in [-0.39, 0.29) is 42.5 Å². The molecular formula is C21H37IN4O3. The molecule has 1 unspecified atom stereocenters. The van der Waals surface area contributed by atoms with E-state index in [0.29, 0.717) is 19.2 Å². The van der Waals surface area contributed by atoms with Crippen molar-refractivity contribution >= 4 is 35.8 Å². The molecule has 29 heavy (non-hydrogen) atoms. The zero-order valence-corrected chi connectivity index (χ0v) is 20.9. The van der Waals surface area contributed by atoms with E-state index in [4.69, 9.17) is 9.47 Å². The summed E-state index contributed by atoms with van der Waals surface area (Å²) in [6.45, 7) is 10.2. The van der Waals surface area contributed by atoms with Crippen molar-refractivity contribution in [2.75, 3.05) is 40.4 Å². The third kappa shape index (κ3) is 10.0. The number of halogens is 1. The number of aliphatic imine (C=N–C) groups is 1. The van der Waals surface area contributed by atoms with Crippen molar-refractivity contribution < 1.29 is 14.3 Å². The van der Waals surface area contributed by atoms with Crippen LogP contribution < -0.4 is 20.1 Å². The molecule has 7 nitrogen and oxygen atoms in total. The van der Waals surface area contributed by atoms with E-state index in [1.165, 1.54) is 4.90 Å². The highest BCUT2D eigenvalue weighted by Crippen LogP contribution is 2.30. The number of likely N-dealkylation sites (N-methyl/N-ethyl adjacent to an activating group) is 1. The molecule has 1 atom stereocenters. The lowest BCUT2D eigenvalue weighted by atomic mass is 10.1. The molecule has 0 aliphatic rings. The van der Waals surface area contributed by atoms with Crippen molar-refractivity contribution in [1.29, 1.82) is 0 Å². The molecule has 0 aliphatic heterocycles. The summed E-state index contributed by atoms with van der Waals surface area (Å²) in [5.74, 6) is 2.06. The summed E-state index contributed by atoms with van der Waals surface area (Å²) < 4.78 is 11.4. The van der Waals surface area contributed by atoms with E-state index in [9.17, 15) is 4.79 Å². The minimum atomic E-state index is -0.0380. The van der Waals surface area contributed by atoms with Crippen molar-refractivity contribution in [3.05, 3.63) is 23.8 Å². The topological polar surface area (TPSA) is 75.2 Å². The number of carbonyl (C=O) groups is 1. The first-order chi connectivity index (χ1) is 13.4. The van der Waals surface area contributed by atoms with E-state index >= 15 is 0 Å². The maximum absolute atomic E-state index is 11.9. The van der Waals surface area contributed by atoms with Gasteiger partial charge in [0.2, 0.25) is 5.91 Å². The second kappa shape index (κ2) is 15.2. The van der Waals surface area contributed by atoms with Crippen LogP contribution in [0, 0.1) is 0 Å². The van der Waals surface area contributed by atoms with Crippen LogP contribution in [-0.2, 0) is 4.79 Å². The number of guanidine groups is 1. The third-order valence-electron chi connectivity index (χ3n) is 4.11. The molecule has 0 saturated carbocycles. The van der Waals surface area contributed by atoms with Crippen LogP contribution in [0.15, 0.2) is 23.2 Å². The van der Waals surface area contributed by atoms with Crippen molar-refractivity contribution in [3.63, 3.8) is 0 Å². The Kier molecular flexibility index (Phi) is 14.3. The van der Waals surface area contributed by atoms with Gasteiger partial charge < -0.3 is 25.0 Å². The highest BCUT2D eigenvalue weighted by Gasteiger charge is 2.13. The number of nitrogens with zero attached hydrogens (tertiary/aromatic N) is 2. The van der Waals surface area contributed by atoms with Crippen LogP contribution in [0.4, 0.5) is 0 Å². The fourth-order valence-electron chi connectivity index (χ4n) is 2.45. The number of rotatable bonds is 11. The first-order valence-corrected chi connectivity index (χ1v) is 10.1. The fraction of sp³-hybridized carbons (Fsp3) is 0.619. The minimum absolute atomic E-state index is 0. The predicted molar refractivity (Wildman–Crippen MR) is 130 cm³/mol. The van der Waals surface area contributed by atoms with Gasteiger partial charge in [0.15, 0.2) is 17.5 Å². The molecule has 166 valence electrons. The highest BCUT2D eigenvalue weighted by atomic mass is 127. The Morgan fingerprint density at radius 2 is 1.79 bits per heavy atom. The number of ether oxygens (including phenoxy) is 2. The number of nitrogens with one attached hydrogen (secondary N) is 2. The summed E-state index contributed by atoms with van der Waals surface area (Å²) in [5, 5.41) is 6.68. The average molecular weight is 520 g/mol. The predicted octanol–water partition coefficient (Wildman–Crippen LogP) is 3.59. The number of amides is 1. The van der Waals surface area contributed by atoms with Crippen LogP contribution in [0.1, 0.15) is 52.1 Å². The van der Waals surface area contributed by atoms with Crippen molar-refractivity contribution in [2.45, 2.75) is 46.6 Å². The molecule has 0 heterocycles. The lowest BCUT2D eigenvalue weighted by Crippen LogP contribution is -2.40. The summed E-state index contributed by atoms with van der Waals surface area (Å²) in [6, 6.07) is 5.91. The van der Waals surface area contributed by atoms with Crippen molar-refractivity contribution in [3.8, 4) is 11.5 Å². The van der Waals surface area contributed by atoms with E-state index < -0.39 is 0 Å². The number of carbonyl (C=O) groups excluding carboxylic acids is 1. The smallest absolute Gasteiger partial charge is 0.243 e. The fourth-order valence-corrected chi connectivity index (χ4v) is 2.45. The summed E-state index contributed by atoms with van der Waals surface area (Å²) in [6.07, 6.45) is 2.12.